The maximum Gasteiger partial charge on any atom is 0.205 e. The Labute approximate surface area is 122 Å². The van der Waals surface area contributed by atoms with Crippen LogP contribution >= 0.6 is 0 Å². The quantitative estimate of drug-likeness (QED) is 0.749. The molecular weight excluding hydrogens is 266 g/mol. The standard InChI is InChI=1S/C16H17N3O2/c1-3-21-13-8-9-14-15(10-13)19-16(18-14)17-11-4-6-12(20-2)7-5-11/h4-10H,3H2,1-2H3,(H2,17,18,19). The van der Waals surface area contributed by atoms with Gasteiger partial charge in [0.2, 0.25) is 5.95 Å². The van der Waals surface area contributed by atoms with Gasteiger partial charge in [0, 0.05) is 11.8 Å². The van der Waals surface area contributed by atoms with Crippen molar-refractivity contribution >= 4 is 22.7 Å². The van der Waals surface area contributed by atoms with Crippen molar-refractivity contribution in [2.45, 2.75) is 6.92 Å². The second kappa shape index (κ2) is 5.75. The van der Waals surface area contributed by atoms with Crippen molar-refractivity contribution in [1.82, 2.24) is 9.97 Å². The van der Waals surface area contributed by atoms with Crippen LogP contribution in [-0.4, -0.2) is 23.7 Å². The summed E-state index contributed by atoms with van der Waals surface area (Å²) in [5.41, 5.74) is 2.78. The third kappa shape index (κ3) is 2.91. The number of methoxy groups -OCH3 is 1. The zero-order chi connectivity index (χ0) is 14.7. The Kier molecular flexibility index (Phi) is 3.64. The van der Waals surface area contributed by atoms with E-state index in [1.807, 2.05) is 49.4 Å². The minimum Gasteiger partial charge on any atom is -0.497 e. The smallest absolute Gasteiger partial charge is 0.205 e. The highest BCUT2D eigenvalue weighted by Gasteiger charge is 2.04. The number of H-pyrrole nitrogens is 1. The molecule has 5 nitrogen and oxygen atoms in total. The van der Waals surface area contributed by atoms with E-state index in [0.29, 0.717) is 12.6 Å². The van der Waals surface area contributed by atoms with Crippen LogP contribution in [0.4, 0.5) is 11.6 Å². The Balaban J connectivity index is 1.83. The zero-order valence-electron chi connectivity index (χ0n) is 12.0. The first-order valence-electron chi connectivity index (χ1n) is 6.82. The van der Waals surface area contributed by atoms with Crippen LogP contribution in [0.1, 0.15) is 6.92 Å². The third-order valence-electron chi connectivity index (χ3n) is 3.12. The van der Waals surface area contributed by atoms with E-state index >= 15 is 0 Å². The lowest BCUT2D eigenvalue weighted by atomic mass is 10.3. The number of anilines is 2. The van der Waals surface area contributed by atoms with Crippen molar-refractivity contribution in [3.63, 3.8) is 0 Å². The van der Waals surface area contributed by atoms with Crippen LogP contribution in [0.25, 0.3) is 11.0 Å². The molecule has 5 heteroatoms. The summed E-state index contributed by atoms with van der Waals surface area (Å²) < 4.78 is 10.6. The van der Waals surface area contributed by atoms with Gasteiger partial charge in [-0.25, -0.2) is 4.98 Å². The molecule has 0 amide bonds. The fourth-order valence-electron chi connectivity index (χ4n) is 2.12. The summed E-state index contributed by atoms with van der Waals surface area (Å²) in [7, 11) is 1.65. The molecule has 0 radical (unpaired) electrons. The molecule has 0 spiro atoms. The molecule has 0 fully saturated rings. The number of aromatic nitrogens is 2. The fourth-order valence-corrected chi connectivity index (χ4v) is 2.12. The average Bonchev–Trinajstić information content (AvgIpc) is 2.90. The molecule has 21 heavy (non-hydrogen) atoms. The molecule has 3 rings (SSSR count). The van der Waals surface area contributed by atoms with Gasteiger partial charge < -0.3 is 19.8 Å². The van der Waals surface area contributed by atoms with Crippen LogP contribution in [0.2, 0.25) is 0 Å². The number of ether oxygens (including phenoxy) is 2. The Bertz CT molecular complexity index is 735. The number of benzene rings is 2. The molecule has 0 atom stereocenters. The van der Waals surface area contributed by atoms with Crippen LogP contribution in [0.15, 0.2) is 42.5 Å². The van der Waals surface area contributed by atoms with E-state index in [2.05, 4.69) is 15.3 Å². The highest BCUT2D eigenvalue weighted by Crippen LogP contribution is 2.23. The molecule has 2 aromatic carbocycles. The number of rotatable bonds is 5. The van der Waals surface area contributed by atoms with Crippen LogP contribution in [-0.2, 0) is 0 Å². The predicted octanol–water partition coefficient (Wildman–Crippen LogP) is 3.71. The Hall–Kier alpha value is -2.69. The van der Waals surface area contributed by atoms with E-state index in [4.69, 9.17) is 9.47 Å². The van der Waals surface area contributed by atoms with Gasteiger partial charge in [-0.3, -0.25) is 0 Å². The van der Waals surface area contributed by atoms with Gasteiger partial charge in [-0.05, 0) is 43.3 Å². The van der Waals surface area contributed by atoms with E-state index in [9.17, 15) is 0 Å². The highest BCUT2D eigenvalue weighted by atomic mass is 16.5. The molecule has 2 N–H and O–H groups in total. The van der Waals surface area contributed by atoms with Crippen LogP contribution in [0.5, 0.6) is 11.5 Å². The number of nitrogens with one attached hydrogen (secondary N) is 2. The number of aromatic amines is 1. The number of imidazole rings is 1. The van der Waals surface area contributed by atoms with Crippen molar-refractivity contribution in [2.24, 2.45) is 0 Å². The van der Waals surface area contributed by atoms with Crippen molar-refractivity contribution in [3.05, 3.63) is 42.5 Å². The molecular formula is C16H17N3O2. The predicted molar refractivity (Wildman–Crippen MR) is 83.5 cm³/mol. The number of hydrogen-bond acceptors (Lipinski definition) is 4. The molecule has 0 aliphatic rings. The maximum absolute atomic E-state index is 5.48. The van der Waals surface area contributed by atoms with Crippen LogP contribution < -0.4 is 14.8 Å². The topological polar surface area (TPSA) is 59.2 Å². The maximum atomic E-state index is 5.48. The molecule has 1 heterocycles. The Morgan fingerprint density at radius 2 is 1.86 bits per heavy atom. The second-order valence-electron chi connectivity index (χ2n) is 4.55. The van der Waals surface area contributed by atoms with E-state index in [1.165, 1.54) is 0 Å². The van der Waals surface area contributed by atoms with Gasteiger partial charge in [0.1, 0.15) is 11.5 Å². The normalized spacial score (nSPS) is 10.6. The summed E-state index contributed by atoms with van der Waals surface area (Å²) in [5, 5.41) is 3.23. The first kappa shape index (κ1) is 13.3. The SMILES string of the molecule is CCOc1ccc2nc(Nc3ccc(OC)cc3)[nH]c2c1. The molecule has 108 valence electrons. The van der Waals surface area contributed by atoms with Crippen molar-refractivity contribution < 1.29 is 9.47 Å². The summed E-state index contributed by atoms with van der Waals surface area (Å²) in [4.78, 5) is 7.74. The Morgan fingerprint density at radius 1 is 1.10 bits per heavy atom. The first-order valence-corrected chi connectivity index (χ1v) is 6.82. The summed E-state index contributed by atoms with van der Waals surface area (Å²) in [5.74, 6) is 2.36. The molecule has 0 aliphatic carbocycles. The minimum atomic E-state index is 0.649. The summed E-state index contributed by atoms with van der Waals surface area (Å²) in [6.45, 7) is 2.62. The number of fused-ring (bicyclic) bond motifs is 1. The fraction of sp³-hybridized carbons (Fsp3) is 0.188. The summed E-state index contributed by atoms with van der Waals surface area (Å²) >= 11 is 0. The number of nitrogens with zero attached hydrogens (tertiary/aromatic N) is 1. The number of hydrogen-bond donors (Lipinski definition) is 2. The summed E-state index contributed by atoms with van der Waals surface area (Å²) in [6.07, 6.45) is 0. The summed E-state index contributed by atoms with van der Waals surface area (Å²) in [6, 6.07) is 13.5. The van der Waals surface area contributed by atoms with Gasteiger partial charge >= 0.3 is 0 Å². The van der Waals surface area contributed by atoms with Gasteiger partial charge in [0.15, 0.2) is 0 Å². The van der Waals surface area contributed by atoms with E-state index in [-0.39, 0.29) is 0 Å². The van der Waals surface area contributed by atoms with Gasteiger partial charge in [0.25, 0.3) is 0 Å². The molecule has 3 aromatic rings. The van der Waals surface area contributed by atoms with Crippen LogP contribution in [0, 0.1) is 0 Å². The van der Waals surface area contributed by atoms with Gasteiger partial charge in [-0.2, -0.15) is 0 Å². The largest absolute Gasteiger partial charge is 0.497 e. The molecule has 0 saturated heterocycles. The van der Waals surface area contributed by atoms with Crippen molar-refractivity contribution in [2.75, 3.05) is 19.0 Å². The lowest BCUT2D eigenvalue weighted by Crippen LogP contribution is -1.92. The second-order valence-corrected chi connectivity index (χ2v) is 4.55. The van der Waals surface area contributed by atoms with Crippen molar-refractivity contribution in [3.8, 4) is 11.5 Å². The monoisotopic (exact) mass is 283 g/mol. The Morgan fingerprint density at radius 3 is 2.57 bits per heavy atom. The van der Waals surface area contributed by atoms with Gasteiger partial charge in [0.05, 0.1) is 24.8 Å². The van der Waals surface area contributed by atoms with E-state index < -0.39 is 0 Å². The molecule has 0 aliphatic heterocycles. The first-order chi connectivity index (χ1) is 10.3. The van der Waals surface area contributed by atoms with E-state index in [0.717, 1.165) is 28.2 Å². The van der Waals surface area contributed by atoms with Crippen molar-refractivity contribution in [1.29, 1.82) is 0 Å². The molecule has 0 unspecified atom stereocenters. The van der Waals surface area contributed by atoms with Gasteiger partial charge in [-0.15, -0.1) is 0 Å². The average molecular weight is 283 g/mol. The highest BCUT2D eigenvalue weighted by molar-refractivity contribution is 5.79. The minimum absolute atomic E-state index is 0.649. The zero-order valence-corrected chi connectivity index (χ0v) is 12.0. The molecule has 0 bridgehead atoms. The molecule has 0 saturated carbocycles. The third-order valence-corrected chi connectivity index (χ3v) is 3.12. The lowest BCUT2D eigenvalue weighted by Gasteiger charge is -2.03. The van der Waals surface area contributed by atoms with Crippen LogP contribution in [0.3, 0.4) is 0 Å². The molecule has 1 aromatic heterocycles. The van der Waals surface area contributed by atoms with Gasteiger partial charge in [-0.1, -0.05) is 0 Å². The lowest BCUT2D eigenvalue weighted by molar-refractivity contribution is 0.340. The van der Waals surface area contributed by atoms with E-state index in [1.54, 1.807) is 7.11 Å².